The number of carbonyl (C=O) groups is 1. The molecule has 0 saturated heterocycles. The summed E-state index contributed by atoms with van der Waals surface area (Å²) in [5.41, 5.74) is 1.89. The van der Waals surface area contributed by atoms with Crippen molar-refractivity contribution in [3.8, 4) is 11.3 Å². The first-order valence-electron chi connectivity index (χ1n) is 5.26. The van der Waals surface area contributed by atoms with Gasteiger partial charge < -0.3 is 5.32 Å². The van der Waals surface area contributed by atoms with Crippen molar-refractivity contribution in [3.63, 3.8) is 0 Å². The zero-order valence-corrected chi connectivity index (χ0v) is 8.68. The van der Waals surface area contributed by atoms with Crippen LogP contribution in [0.1, 0.15) is 5.82 Å². The van der Waals surface area contributed by atoms with Crippen LogP contribution in [0.25, 0.3) is 11.3 Å². The van der Waals surface area contributed by atoms with Gasteiger partial charge in [0, 0.05) is 24.7 Å². The number of hydrogen-bond donors (Lipinski definition) is 1. The maximum Gasteiger partial charge on any atom is 0.327 e. The summed E-state index contributed by atoms with van der Waals surface area (Å²) in [6, 6.07) is 9.79. The van der Waals surface area contributed by atoms with Gasteiger partial charge in [0.1, 0.15) is 5.82 Å². The maximum atomic E-state index is 11.5. The topological polar surface area (TPSA) is 46.9 Å². The van der Waals surface area contributed by atoms with Crippen molar-refractivity contribution in [1.29, 1.82) is 0 Å². The van der Waals surface area contributed by atoms with Crippen molar-refractivity contribution in [2.24, 2.45) is 0 Å². The van der Waals surface area contributed by atoms with Crippen molar-refractivity contribution in [2.45, 2.75) is 6.42 Å². The molecule has 2 heterocycles. The van der Waals surface area contributed by atoms with E-state index in [1.54, 1.807) is 10.8 Å². The SMILES string of the molecule is O=C1NCCc2nc(-c3ccccc3)cn21. The lowest BCUT2D eigenvalue weighted by molar-refractivity contribution is 0.239. The number of imidazole rings is 1. The molecule has 0 atom stereocenters. The molecular weight excluding hydrogens is 202 g/mol. The van der Waals surface area contributed by atoms with Gasteiger partial charge in [-0.2, -0.15) is 0 Å². The fourth-order valence-corrected chi connectivity index (χ4v) is 1.89. The average Bonchev–Trinajstić information content (AvgIpc) is 2.76. The van der Waals surface area contributed by atoms with Crippen LogP contribution in [0.4, 0.5) is 4.79 Å². The van der Waals surface area contributed by atoms with Gasteiger partial charge in [-0.25, -0.2) is 9.78 Å². The second-order valence-electron chi connectivity index (χ2n) is 3.76. The second-order valence-corrected chi connectivity index (χ2v) is 3.76. The molecule has 1 amide bonds. The smallest absolute Gasteiger partial charge is 0.327 e. The molecule has 1 aliphatic heterocycles. The molecule has 1 aromatic carbocycles. The number of nitrogens with one attached hydrogen (secondary N) is 1. The Balaban J connectivity index is 2.08. The number of amides is 1. The Bertz CT molecular complexity index is 530. The Morgan fingerprint density at radius 3 is 2.81 bits per heavy atom. The number of fused-ring (bicyclic) bond motifs is 1. The van der Waals surface area contributed by atoms with Crippen LogP contribution < -0.4 is 5.32 Å². The Kier molecular flexibility index (Phi) is 1.99. The number of rotatable bonds is 1. The lowest BCUT2D eigenvalue weighted by Crippen LogP contribution is -2.36. The van der Waals surface area contributed by atoms with Crippen molar-refractivity contribution in [2.75, 3.05) is 6.54 Å². The van der Waals surface area contributed by atoms with Crippen molar-refractivity contribution >= 4 is 6.03 Å². The zero-order valence-electron chi connectivity index (χ0n) is 8.68. The molecule has 4 heteroatoms. The Hall–Kier alpha value is -2.10. The molecule has 0 unspecified atom stereocenters. The highest BCUT2D eigenvalue weighted by atomic mass is 16.2. The third kappa shape index (κ3) is 1.39. The van der Waals surface area contributed by atoms with Crippen LogP contribution in [0, 0.1) is 0 Å². The van der Waals surface area contributed by atoms with Gasteiger partial charge in [-0.3, -0.25) is 4.57 Å². The van der Waals surface area contributed by atoms with Crippen molar-refractivity contribution in [1.82, 2.24) is 14.9 Å². The van der Waals surface area contributed by atoms with Crippen molar-refractivity contribution in [3.05, 3.63) is 42.4 Å². The second kappa shape index (κ2) is 3.48. The van der Waals surface area contributed by atoms with E-state index in [0.717, 1.165) is 23.5 Å². The summed E-state index contributed by atoms with van der Waals surface area (Å²) in [6.07, 6.45) is 2.58. The molecular formula is C12H11N3O. The summed E-state index contributed by atoms with van der Waals surface area (Å²) in [7, 11) is 0. The Morgan fingerprint density at radius 1 is 1.25 bits per heavy atom. The molecule has 1 aromatic heterocycles. The molecule has 0 fully saturated rings. The van der Waals surface area contributed by atoms with Crippen LogP contribution >= 0.6 is 0 Å². The predicted octanol–water partition coefficient (Wildman–Crippen LogP) is 1.66. The number of benzene rings is 1. The summed E-state index contributed by atoms with van der Waals surface area (Å²) in [5, 5.41) is 2.79. The van der Waals surface area contributed by atoms with E-state index in [9.17, 15) is 4.79 Å². The molecule has 0 spiro atoms. The van der Waals surface area contributed by atoms with Crippen LogP contribution in [-0.2, 0) is 6.42 Å². The van der Waals surface area contributed by atoms with Crippen LogP contribution in [0.3, 0.4) is 0 Å². The van der Waals surface area contributed by atoms with E-state index in [1.807, 2.05) is 30.3 Å². The third-order valence-corrected chi connectivity index (χ3v) is 2.69. The molecule has 0 aliphatic carbocycles. The van der Waals surface area contributed by atoms with Crippen LogP contribution in [0.2, 0.25) is 0 Å². The van der Waals surface area contributed by atoms with Crippen LogP contribution in [0.15, 0.2) is 36.5 Å². The first kappa shape index (κ1) is 9.15. The van der Waals surface area contributed by atoms with Gasteiger partial charge in [0.25, 0.3) is 0 Å². The standard InChI is InChI=1S/C12H11N3O/c16-12-13-7-6-11-14-10(8-15(11)12)9-4-2-1-3-5-9/h1-5,8H,6-7H2,(H,13,16). The monoisotopic (exact) mass is 213 g/mol. The van der Waals surface area contributed by atoms with E-state index in [4.69, 9.17) is 0 Å². The molecule has 0 bridgehead atoms. The van der Waals surface area contributed by atoms with E-state index in [1.165, 1.54) is 0 Å². The summed E-state index contributed by atoms with van der Waals surface area (Å²) in [5.74, 6) is 0.836. The lowest BCUT2D eigenvalue weighted by atomic mass is 10.2. The molecule has 4 nitrogen and oxygen atoms in total. The third-order valence-electron chi connectivity index (χ3n) is 2.69. The van der Waals surface area contributed by atoms with Gasteiger partial charge in [0.2, 0.25) is 0 Å². The van der Waals surface area contributed by atoms with E-state index in [-0.39, 0.29) is 6.03 Å². The molecule has 0 radical (unpaired) electrons. The number of carbonyl (C=O) groups excluding carboxylic acids is 1. The van der Waals surface area contributed by atoms with Crippen molar-refractivity contribution < 1.29 is 4.79 Å². The fraction of sp³-hybridized carbons (Fsp3) is 0.167. The predicted molar refractivity (Wildman–Crippen MR) is 60.2 cm³/mol. The molecule has 1 N–H and O–H groups in total. The zero-order chi connectivity index (χ0) is 11.0. The highest BCUT2D eigenvalue weighted by molar-refractivity contribution is 5.79. The number of nitrogens with zero attached hydrogens (tertiary/aromatic N) is 2. The summed E-state index contributed by atoms with van der Waals surface area (Å²) in [4.78, 5) is 16.0. The number of aromatic nitrogens is 2. The number of hydrogen-bond acceptors (Lipinski definition) is 2. The minimum atomic E-state index is -0.0871. The fourth-order valence-electron chi connectivity index (χ4n) is 1.89. The van der Waals surface area contributed by atoms with E-state index in [2.05, 4.69) is 10.3 Å². The highest BCUT2D eigenvalue weighted by Gasteiger charge is 2.18. The lowest BCUT2D eigenvalue weighted by Gasteiger charge is -2.12. The Labute approximate surface area is 92.9 Å². The minimum absolute atomic E-state index is 0.0871. The minimum Gasteiger partial charge on any atom is -0.337 e. The first-order valence-corrected chi connectivity index (χ1v) is 5.26. The largest absolute Gasteiger partial charge is 0.337 e. The van der Waals surface area contributed by atoms with Gasteiger partial charge in [-0.1, -0.05) is 30.3 Å². The Morgan fingerprint density at radius 2 is 2.06 bits per heavy atom. The van der Waals surface area contributed by atoms with Gasteiger partial charge in [0.05, 0.1) is 5.69 Å². The quantitative estimate of drug-likeness (QED) is 0.783. The average molecular weight is 213 g/mol. The molecule has 0 saturated carbocycles. The summed E-state index contributed by atoms with van der Waals surface area (Å²) < 4.78 is 1.59. The molecule has 80 valence electrons. The summed E-state index contributed by atoms with van der Waals surface area (Å²) in [6.45, 7) is 0.671. The van der Waals surface area contributed by atoms with E-state index in [0.29, 0.717) is 6.54 Å². The van der Waals surface area contributed by atoms with Crippen LogP contribution in [-0.4, -0.2) is 22.1 Å². The van der Waals surface area contributed by atoms with Crippen LogP contribution in [0.5, 0.6) is 0 Å². The van der Waals surface area contributed by atoms with E-state index < -0.39 is 0 Å². The first-order chi connectivity index (χ1) is 7.84. The van der Waals surface area contributed by atoms with E-state index >= 15 is 0 Å². The summed E-state index contributed by atoms with van der Waals surface area (Å²) >= 11 is 0. The van der Waals surface area contributed by atoms with Gasteiger partial charge in [-0.05, 0) is 0 Å². The van der Waals surface area contributed by atoms with Gasteiger partial charge in [-0.15, -0.1) is 0 Å². The maximum absolute atomic E-state index is 11.5. The molecule has 3 rings (SSSR count). The van der Waals surface area contributed by atoms with Gasteiger partial charge >= 0.3 is 6.03 Å². The highest BCUT2D eigenvalue weighted by Crippen LogP contribution is 2.19. The molecule has 16 heavy (non-hydrogen) atoms. The normalized spacial score (nSPS) is 14.4. The molecule has 1 aliphatic rings. The molecule has 2 aromatic rings. The van der Waals surface area contributed by atoms with Gasteiger partial charge in [0.15, 0.2) is 0 Å².